The zero-order valence-corrected chi connectivity index (χ0v) is 10.2. The van der Waals surface area contributed by atoms with Crippen molar-refractivity contribution < 1.29 is 0 Å². The van der Waals surface area contributed by atoms with Gasteiger partial charge in [0.2, 0.25) is 0 Å². The zero-order chi connectivity index (χ0) is 12.0. The van der Waals surface area contributed by atoms with Gasteiger partial charge in [-0.05, 0) is 17.6 Å². The minimum absolute atomic E-state index is 0.0250. The lowest BCUT2D eigenvalue weighted by atomic mass is 9.73. The molecule has 0 spiro atoms. The number of allylic oxidation sites excluding steroid dienone is 4. The van der Waals surface area contributed by atoms with Crippen LogP contribution in [0, 0.1) is 0 Å². The maximum atomic E-state index is 3.90. The number of benzene rings is 1. The van der Waals surface area contributed by atoms with Gasteiger partial charge in [0.05, 0.1) is 0 Å². The summed E-state index contributed by atoms with van der Waals surface area (Å²) in [4.78, 5) is 0. The molecule has 0 nitrogen and oxygen atoms in total. The SMILES string of the molecule is C=C/C=C(\C=C)C(C)(CC)c1ccccc1. The van der Waals surface area contributed by atoms with Crippen LogP contribution in [-0.4, -0.2) is 0 Å². The minimum Gasteiger partial charge on any atom is -0.0991 e. The molecule has 0 heteroatoms. The molecule has 1 aromatic rings. The number of hydrogen-bond donors (Lipinski definition) is 0. The van der Waals surface area contributed by atoms with Crippen molar-refractivity contribution in [2.24, 2.45) is 0 Å². The normalized spacial score (nSPS) is 15.2. The topological polar surface area (TPSA) is 0 Å². The lowest BCUT2D eigenvalue weighted by molar-refractivity contribution is 0.549. The molecule has 84 valence electrons. The van der Waals surface area contributed by atoms with Crippen molar-refractivity contribution in [3.8, 4) is 0 Å². The molecule has 0 bridgehead atoms. The van der Waals surface area contributed by atoms with Crippen LogP contribution in [0.5, 0.6) is 0 Å². The molecule has 0 fully saturated rings. The molecule has 1 unspecified atom stereocenters. The first-order valence-electron chi connectivity index (χ1n) is 5.70. The van der Waals surface area contributed by atoms with Crippen LogP contribution in [0.15, 0.2) is 67.3 Å². The fraction of sp³-hybridized carbons (Fsp3) is 0.250. The summed E-state index contributed by atoms with van der Waals surface area (Å²) in [6, 6.07) is 10.5. The maximum absolute atomic E-state index is 3.90. The molecule has 0 N–H and O–H groups in total. The number of rotatable bonds is 5. The Balaban J connectivity index is 3.26. The molecule has 16 heavy (non-hydrogen) atoms. The Bertz CT molecular complexity index is 384. The highest BCUT2D eigenvalue weighted by Gasteiger charge is 2.26. The van der Waals surface area contributed by atoms with E-state index < -0.39 is 0 Å². The highest BCUT2D eigenvalue weighted by atomic mass is 14.3. The molecule has 0 aromatic heterocycles. The molecule has 0 aliphatic rings. The molecule has 1 atom stereocenters. The first kappa shape index (κ1) is 12.5. The van der Waals surface area contributed by atoms with E-state index in [0.29, 0.717) is 0 Å². The molecule has 0 saturated heterocycles. The summed E-state index contributed by atoms with van der Waals surface area (Å²) < 4.78 is 0. The summed E-state index contributed by atoms with van der Waals surface area (Å²) in [5, 5.41) is 0. The molecule has 0 aliphatic heterocycles. The van der Waals surface area contributed by atoms with E-state index in [4.69, 9.17) is 0 Å². The fourth-order valence-corrected chi connectivity index (χ4v) is 1.99. The lowest BCUT2D eigenvalue weighted by Gasteiger charge is -2.30. The quantitative estimate of drug-likeness (QED) is 0.623. The maximum Gasteiger partial charge on any atom is 0.0171 e. The third-order valence-corrected chi connectivity index (χ3v) is 3.27. The zero-order valence-electron chi connectivity index (χ0n) is 10.2. The Hall–Kier alpha value is -1.56. The highest BCUT2D eigenvalue weighted by molar-refractivity contribution is 5.41. The van der Waals surface area contributed by atoms with Gasteiger partial charge in [-0.25, -0.2) is 0 Å². The van der Waals surface area contributed by atoms with Crippen LogP contribution in [0.2, 0.25) is 0 Å². The number of hydrogen-bond acceptors (Lipinski definition) is 0. The highest BCUT2D eigenvalue weighted by Crippen LogP contribution is 2.35. The van der Waals surface area contributed by atoms with E-state index in [-0.39, 0.29) is 5.41 Å². The Morgan fingerprint density at radius 2 is 1.88 bits per heavy atom. The van der Waals surface area contributed by atoms with E-state index in [1.54, 1.807) is 0 Å². The predicted octanol–water partition coefficient (Wildman–Crippen LogP) is 4.65. The molecule has 0 amide bonds. The smallest absolute Gasteiger partial charge is 0.0171 e. The molecule has 0 radical (unpaired) electrons. The molecule has 1 aromatic carbocycles. The van der Waals surface area contributed by atoms with Crippen molar-refractivity contribution in [2.45, 2.75) is 25.7 Å². The summed E-state index contributed by atoms with van der Waals surface area (Å²) in [6.07, 6.45) is 6.85. The van der Waals surface area contributed by atoms with Gasteiger partial charge in [0.1, 0.15) is 0 Å². The van der Waals surface area contributed by atoms with Crippen molar-refractivity contribution in [2.75, 3.05) is 0 Å². The van der Waals surface area contributed by atoms with Crippen molar-refractivity contribution in [3.05, 3.63) is 72.9 Å². The van der Waals surface area contributed by atoms with Crippen LogP contribution in [0.3, 0.4) is 0 Å². The van der Waals surface area contributed by atoms with Crippen molar-refractivity contribution in [3.63, 3.8) is 0 Å². The fourth-order valence-electron chi connectivity index (χ4n) is 1.99. The molecular formula is C16H20. The third-order valence-electron chi connectivity index (χ3n) is 3.27. The van der Waals surface area contributed by atoms with E-state index in [2.05, 4.69) is 51.3 Å². The van der Waals surface area contributed by atoms with Gasteiger partial charge in [-0.15, -0.1) is 0 Å². The van der Waals surface area contributed by atoms with Crippen LogP contribution in [0.1, 0.15) is 25.8 Å². The summed E-state index contributed by atoms with van der Waals surface area (Å²) in [5.41, 5.74) is 2.57. The van der Waals surface area contributed by atoms with Crippen molar-refractivity contribution in [1.82, 2.24) is 0 Å². The standard InChI is InChI=1S/C16H20/c1-5-11-14(6-2)16(4,7-3)15-12-9-8-10-13-15/h5-6,8-13H,1-2,7H2,3-4H3/b14-11+. The predicted molar refractivity (Wildman–Crippen MR) is 72.6 cm³/mol. The van der Waals surface area contributed by atoms with E-state index >= 15 is 0 Å². The average Bonchev–Trinajstić information content (AvgIpc) is 2.36. The summed E-state index contributed by atoms with van der Waals surface area (Å²) >= 11 is 0. The molecule has 1 rings (SSSR count). The third kappa shape index (κ3) is 2.33. The first-order chi connectivity index (χ1) is 7.69. The van der Waals surface area contributed by atoms with Gasteiger partial charge in [-0.2, -0.15) is 0 Å². The van der Waals surface area contributed by atoms with Crippen LogP contribution in [-0.2, 0) is 5.41 Å². The Morgan fingerprint density at radius 1 is 1.25 bits per heavy atom. The van der Waals surface area contributed by atoms with E-state index in [9.17, 15) is 0 Å². The molecule has 0 saturated carbocycles. The van der Waals surface area contributed by atoms with E-state index in [0.717, 1.165) is 6.42 Å². The monoisotopic (exact) mass is 212 g/mol. The van der Waals surface area contributed by atoms with Gasteiger partial charge in [0.15, 0.2) is 0 Å². The Labute approximate surface area is 99.0 Å². The molecule has 0 heterocycles. The van der Waals surface area contributed by atoms with Crippen LogP contribution < -0.4 is 0 Å². The van der Waals surface area contributed by atoms with Gasteiger partial charge in [-0.3, -0.25) is 0 Å². The van der Waals surface area contributed by atoms with Gasteiger partial charge in [-0.1, -0.05) is 75.6 Å². The Kier molecular flexibility index (Phi) is 4.30. The molecule has 0 aliphatic carbocycles. The summed E-state index contributed by atoms with van der Waals surface area (Å²) in [7, 11) is 0. The van der Waals surface area contributed by atoms with Gasteiger partial charge < -0.3 is 0 Å². The molecular weight excluding hydrogens is 192 g/mol. The lowest BCUT2D eigenvalue weighted by Crippen LogP contribution is -2.22. The van der Waals surface area contributed by atoms with Crippen molar-refractivity contribution in [1.29, 1.82) is 0 Å². The largest absolute Gasteiger partial charge is 0.0991 e. The minimum atomic E-state index is 0.0250. The summed E-state index contributed by atoms with van der Waals surface area (Å²) in [5.74, 6) is 0. The second kappa shape index (κ2) is 5.50. The second-order valence-electron chi connectivity index (χ2n) is 4.11. The van der Waals surface area contributed by atoms with Crippen LogP contribution in [0.4, 0.5) is 0 Å². The Morgan fingerprint density at radius 3 is 2.31 bits per heavy atom. The van der Waals surface area contributed by atoms with Crippen molar-refractivity contribution >= 4 is 0 Å². The van der Waals surface area contributed by atoms with Gasteiger partial charge in [0.25, 0.3) is 0 Å². The van der Waals surface area contributed by atoms with Gasteiger partial charge >= 0.3 is 0 Å². The second-order valence-corrected chi connectivity index (χ2v) is 4.11. The summed E-state index contributed by atoms with van der Waals surface area (Å²) in [6.45, 7) is 12.1. The van der Waals surface area contributed by atoms with E-state index in [1.165, 1.54) is 11.1 Å². The van der Waals surface area contributed by atoms with Gasteiger partial charge in [0, 0.05) is 5.41 Å². The van der Waals surface area contributed by atoms with E-state index in [1.807, 2.05) is 24.3 Å². The average molecular weight is 212 g/mol. The first-order valence-corrected chi connectivity index (χ1v) is 5.70. The van der Waals surface area contributed by atoms with Crippen LogP contribution in [0.25, 0.3) is 0 Å². The van der Waals surface area contributed by atoms with Crippen LogP contribution >= 0.6 is 0 Å².